The molecular weight excluding hydrogens is 457 g/mol. The standard InChI is InChI=1S/C32H39OSi2/c1-32(2,3)33-22-35(6,30-24(19-20-34(4)5)21-23-13-7-8-14-25(23)30)31-28-17-11-9-15-26(28)27-16-10-12-18-29(27)31/h7-18,21,30-31H,19-20,22H2,1-6H3. The maximum absolute atomic E-state index is 6.78. The Morgan fingerprint density at radius 3 is 1.89 bits per heavy atom. The Hall–Kier alpha value is -2.21. The summed E-state index contributed by atoms with van der Waals surface area (Å²) in [6.45, 7) is 14.2. The van der Waals surface area contributed by atoms with Gasteiger partial charge in [0.1, 0.15) is 8.07 Å². The number of allylic oxidation sites excluding steroid dienone is 1. The second-order valence-electron chi connectivity index (χ2n) is 12.0. The molecule has 2 aliphatic rings. The molecule has 3 heteroatoms. The zero-order valence-electron chi connectivity index (χ0n) is 22.2. The fourth-order valence-corrected chi connectivity index (χ4v) is 12.5. The van der Waals surface area contributed by atoms with E-state index in [9.17, 15) is 0 Å². The minimum atomic E-state index is -2.16. The number of hydrogen-bond donors (Lipinski definition) is 0. The molecule has 0 saturated carbocycles. The maximum Gasteiger partial charge on any atom is 0.104 e. The van der Waals surface area contributed by atoms with Crippen molar-refractivity contribution in [2.24, 2.45) is 0 Å². The molecule has 0 aromatic heterocycles. The van der Waals surface area contributed by atoms with Crippen LogP contribution in [0.2, 0.25) is 25.7 Å². The lowest BCUT2D eigenvalue weighted by Crippen LogP contribution is -2.51. The Morgan fingerprint density at radius 1 is 0.771 bits per heavy atom. The van der Waals surface area contributed by atoms with Gasteiger partial charge in [0, 0.05) is 26.1 Å². The molecule has 3 aromatic carbocycles. The molecule has 0 amide bonds. The lowest BCUT2D eigenvalue weighted by molar-refractivity contribution is 0.0210. The second-order valence-corrected chi connectivity index (χ2v) is 19.4. The van der Waals surface area contributed by atoms with Crippen molar-refractivity contribution in [1.82, 2.24) is 0 Å². The van der Waals surface area contributed by atoms with Crippen LogP contribution in [-0.2, 0) is 4.74 Å². The maximum atomic E-state index is 6.78. The fourth-order valence-electron chi connectivity index (χ4n) is 6.35. The Balaban J connectivity index is 1.70. The van der Waals surface area contributed by atoms with Gasteiger partial charge in [-0.05, 0) is 60.6 Å². The summed E-state index contributed by atoms with van der Waals surface area (Å²) in [7, 11) is -2.44. The van der Waals surface area contributed by atoms with Crippen LogP contribution >= 0.6 is 0 Å². The Kier molecular flexibility index (Phi) is 6.54. The molecule has 0 saturated heterocycles. The fraction of sp³-hybridized carbons (Fsp3) is 0.375. The third-order valence-corrected chi connectivity index (χ3v) is 13.9. The van der Waals surface area contributed by atoms with Crippen LogP contribution in [0.3, 0.4) is 0 Å². The molecule has 0 spiro atoms. The quantitative estimate of drug-likeness (QED) is 0.298. The SMILES string of the molecule is C[Si](C)CCC1=Cc2ccccc2C1[Si](C)(COC(C)(C)C)C1c2ccccc2-c2ccccc21. The lowest BCUT2D eigenvalue weighted by atomic mass is 10.1. The predicted octanol–water partition coefficient (Wildman–Crippen LogP) is 8.64. The topological polar surface area (TPSA) is 9.23 Å². The minimum Gasteiger partial charge on any atom is -0.379 e. The highest BCUT2D eigenvalue weighted by Crippen LogP contribution is 2.56. The van der Waals surface area contributed by atoms with Crippen LogP contribution in [0.15, 0.2) is 78.4 Å². The predicted molar refractivity (Wildman–Crippen MR) is 155 cm³/mol. The van der Waals surface area contributed by atoms with Gasteiger partial charge in [-0.15, -0.1) is 0 Å². The Labute approximate surface area is 214 Å². The van der Waals surface area contributed by atoms with Gasteiger partial charge < -0.3 is 4.74 Å². The molecule has 0 heterocycles. The third kappa shape index (κ3) is 4.55. The molecule has 181 valence electrons. The summed E-state index contributed by atoms with van der Waals surface area (Å²) in [4.78, 5) is 0. The molecule has 0 aliphatic heterocycles. The molecule has 2 aliphatic carbocycles. The van der Waals surface area contributed by atoms with Crippen molar-refractivity contribution in [3.8, 4) is 11.1 Å². The zero-order chi connectivity index (χ0) is 24.8. The number of rotatable bonds is 7. The van der Waals surface area contributed by atoms with E-state index in [1.807, 2.05) is 0 Å². The van der Waals surface area contributed by atoms with Gasteiger partial charge in [0.2, 0.25) is 0 Å². The lowest BCUT2D eigenvalue weighted by Gasteiger charge is -2.43. The number of benzene rings is 3. The van der Waals surface area contributed by atoms with Crippen molar-refractivity contribution in [2.45, 2.75) is 69.6 Å². The van der Waals surface area contributed by atoms with Crippen LogP contribution in [0.25, 0.3) is 17.2 Å². The van der Waals surface area contributed by atoms with Crippen LogP contribution in [0.4, 0.5) is 0 Å². The largest absolute Gasteiger partial charge is 0.379 e. The molecule has 2 atom stereocenters. The van der Waals surface area contributed by atoms with E-state index >= 15 is 0 Å². The van der Waals surface area contributed by atoms with E-state index in [1.165, 1.54) is 45.8 Å². The average Bonchev–Trinajstić information content (AvgIpc) is 3.37. The monoisotopic (exact) mass is 495 g/mol. The zero-order valence-corrected chi connectivity index (χ0v) is 24.2. The summed E-state index contributed by atoms with van der Waals surface area (Å²) in [5.74, 6) is 0. The Bertz CT molecular complexity index is 1210. The van der Waals surface area contributed by atoms with Gasteiger partial charge >= 0.3 is 0 Å². The smallest absolute Gasteiger partial charge is 0.104 e. The molecule has 3 aromatic rings. The van der Waals surface area contributed by atoms with E-state index < -0.39 is 8.07 Å². The summed E-state index contributed by atoms with van der Waals surface area (Å²) < 4.78 is 6.78. The summed E-state index contributed by atoms with van der Waals surface area (Å²) in [5, 5.41) is 0. The molecule has 0 N–H and O–H groups in total. The number of ether oxygens (including phenoxy) is 1. The van der Waals surface area contributed by atoms with Crippen LogP contribution in [0.1, 0.15) is 60.5 Å². The molecular formula is C32H39OSi2. The molecule has 2 unspecified atom stereocenters. The van der Waals surface area contributed by atoms with Crippen molar-refractivity contribution in [1.29, 1.82) is 0 Å². The highest BCUT2D eigenvalue weighted by atomic mass is 28.3. The van der Waals surface area contributed by atoms with Crippen molar-refractivity contribution >= 4 is 22.9 Å². The molecule has 1 nitrogen and oxygen atoms in total. The summed E-state index contributed by atoms with van der Waals surface area (Å²) in [5.41, 5.74) is 11.2. The van der Waals surface area contributed by atoms with E-state index in [0.29, 0.717) is 11.1 Å². The van der Waals surface area contributed by atoms with E-state index in [2.05, 4.69) is 119 Å². The highest BCUT2D eigenvalue weighted by Gasteiger charge is 2.52. The van der Waals surface area contributed by atoms with Gasteiger partial charge in [0.25, 0.3) is 0 Å². The third-order valence-electron chi connectivity index (χ3n) is 7.90. The molecule has 0 bridgehead atoms. The van der Waals surface area contributed by atoms with Crippen LogP contribution in [-0.4, -0.2) is 28.7 Å². The first kappa shape index (κ1) is 24.5. The Morgan fingerprint density at radius 2 is 1.31 bits per heavy atom. The van der Waals surface area contributed by atoms with E-state index in [1.54, 1.807) is 5.57 Å². The average molecular weight is 496 g/mol. The number of fused-ring (bicyclic) bond motifs is 4. The van der Waals surface area contributed by atoms with Crippen molar-refractivity contribution in [3.05, 3.63) is 101 Å². The van der Waals surface area contributed by atoms with Gasteiger partial charge in [-0.25, -0.2) is 0 Å². The van der Waals surface area contributed by atoms with Gasteiger partial charge in [-0.2, -0.15) is 0 Å². The molecule has 1 radical (unpaired) electrons. The molecule has 5 rings (SSSR count). The normalized spacial score (nSPS) is 18.7. The highest BCUT2D eigenvalue weighted by molar-refractivity contribution is 6.83. The minimum absolute atomic E-state index is 0.156. The van der Waals surface area contributed by atoms with E-state index in [4.69, 9.17) is 4.74 Å². The van der Waals surface area contributed by atoms with Crippen molar-refractivity contribution in [2.75, 3.05) is 6.23 Å². The van der Waals surface area contributed by atoms with Crippen LogP contribution in [0, 0.1) is 0 Å². The van der Waals surface area contributed by atoms with E-state index in [0.717, 1.165) is 6.23 Å². The second kappa shape index (κ2) is 9.35. The van der Waals surface area contributed by atoms with Gasteiger partial charge in [-0.3, -0.25) is 0 Å². The molecule has 0 fully saturated rings. The first-order chi connectivity index (χ1) is 16.7. The summed E-state index contributed by atoms with van der Waals surface area (Å²) in [6, 6.07) is 28.8. The van der Waals surface area contributed by atoms with Crippen LogP contribution < -0.4 is 0 Å². The van der Waals surface area contributed by atoms with Crippen molar-refractivity contribution in [3.63, 3.8) is 0 Å². The van der Waals surface area contributed by atoms with Gasteiger partial charge in [0.15, 0.2) is 0 Å². The van der Waals surface area contributed by atoms with Gasteiger partial charge in [0.05, 0.1) is 5.60 Å². The van der Waals surface area contributed by atoms with E-state index in [-0.39, 0.29) is 14.4 Å². The first-order valence-corrected chi connectivity index (χ1v) is 18.7. The van der Waals surface area contributed by atoms with Crippen LogP contribution in [0.5, 0.6) is 0 Å². The molecule has 35 heavy (non-hydrogen) atoms. The summed E-state index contributed by atoms with van der Waals surface area (Å²) in [6.07, 6.45) is 4.62. The summed E-state index contributed by atoms with van der Waals surface area (Å²) >= 11 is 0. The number of hydrogen-bond acceptors (Lipinski definition) is 1. The van der Waals surface area contributed by atoms with Gasteiger partial charge in [-0.1, -0.05) is 110 Å². The first-order valence-electron chi connectivity index (χ1n) is 13.1. The van der Waals surface area contributed by atoms with Crippen molar-refractivity contribution < 1.29 is 4.74 Å².